The lowest BCUT2D eigenvalue weighted by molar-refractivity contribution is -0.228. The molecule has 4 rings (SSSR count). The summed E-state index contributed by atoms with van der Waals surface area (Å²) in [5.41, 5.74) is -0.361. The highest BCUT2D eigenvalue weighted by Gasteiger charge is 2.62. The van der Waals surface area contributed by atoms with E-state index in [4.69, 9.17) is 0 Å². The third-order valence-electron chi connectivity index (χ3n) is 10.5. The molecule has 4 fully saturated rings. The first-order valence-corrected chi connectivity index (χ1v) is 11.8. The van der Waals surface area contributed by atoms with Gasteiger partial charge in [0.05, 0.1) is 5.60 Å². The normalized spacial score (nSPS) is 52.2. The molecule has 0 spiro atoms. The highest BCUT2D eigenvalue weighted by molar-refractivity contribution is 5.11. The van der Waals surface area contributed by atoms with Crippen LogP contribution < -0.4 is 0 Å². The van der Waals surface area contributed by atoms with Crippen molar-refractivity contribution < 1.29 is 23.4 Å². The van der Waals surface area contributed by atoms with Crippen molar-refractivity contribution in [2.24, 2.45) is 46.3 Å². The average Bonchev–Trinajstić information content (AvgIpc) is 2.97. The summed E-state index contributed by atoms with van der Waals surface area (Å²) in [4.78, 5) is 0. The molecule has 0 aliphatic heterocycles. The monoisotopic (exact) mass is 416 g/mol. The molecule has 0 unspecified atom stereocenters. The van der Waals surface area contributed by atoms with E-state index >= 15 is 0 Å². The second-order valence-electron chi connectivity index (χ2n) is 11.9. The van der Waals surface area contributed by atoms with Crippen LogP contribution in [0.25, 0.3) is 0 Å². The molecule has 168 valence electrons. The van der Waals surface area contributed by atoms with Crippen LogP contribution in [-0.2, 0) is 0 Å². The second-order valence-corrected chi connectivity index (χ2v) is 11.9. The molecule has 0 amide bonds. The Balaban J connectivity index is 1.55. The van der Waals surface area contributed by atoms with E-state index in [1.807, 2.05) is 6.92 Å². The van der Waals surface area contributed by atoms with E-state index in [2.05, 4.69) is 13.8 Å². The van der Waals surface area contributed by atoms with E-state index in [0.717, 1.165) is 57.8 Å². The summed E-state index contributed by atoms with van der Waals surface area (Å²) < 4.78 is 39.6. The minimum Gasteiger partial charge on any atom is -0.390 e. The Hall–Kier alpha value is -0.290. The zero-order chi connectivity index (χ0) is 21.4. The summed E-state index contributed by atoms with van der Waals surface area (Å²) in [7, 11) is 0. The Morgan fingerprint density at radius 2 is 1.52 bits per heavy atom. The van der Waals surface area contributed by atoms with Gasteiger partial charge >= 0.3 is 6.18 Å². The SMILES string of the molecule is C[C@@H]([C@H]1CC[C@H]2[C@@H]3CC[C@@H]4C[C@](C)(O)CC[C@]4(C)[C@H]3CC[C@]12C)[C@H](O)C(F)(F)F. The number of hydrogen-bond donors (Lipinski definition) is 2. The number of aliphatic hydroxyl groups excluding tert-OH is 1. The number of aliphatic hydroxyl groups is 2. The van der Waals surface area contributed by atoms with Crippen molar-refractivity contribution in [3.8, 4) is 0 Å². The predicted octanol–water partition coefficient (Wildman–Crippen LogP) is 5.96. The van der Waals surface area contributed by atoms with Gasteiger partial charge in [0.15, 0.2) is 6.10 Å². The maximum absolute atomic E-state index is 13.2. The molecule has 2 N–H and O–H groups in total. The van der Waals surface area contributed by atoms with E-state index in [1.54, 1.807) is 6.92 Å². The largest absolute Gasteiger partial charge is 0.414 e. The molecule has 0 bridgehead atoms. The summed E-state index contributed by atoms with van der Waals surface area (Å²) >= 11 is 0. The van der Waals surface area contributed by atoms with Gasteiger partial charge in [0.2, 0.25) is 0 Å². The molecule has 5 heteroatoms. The maximum Gasteiger partial charge on any atom is 0.414 e. The fourth-order valence-corrected chi connectivity index (χ4v) is 8.85. The Bertz CT molecular complexity index is 632. The van der Waals surface area contributed by atoms with Gasteiger partial charge in [-0.1, -0.05) is 20.8 Å². The third-order valence-corrected chi connectivity index (χ3v) is 10.5. The van der Waals surface area contributed by atoms with Gasteiger partial charge in [0.1, 0.15) is 0 Å². The van der Waals surface area contributed by atoms with Crippen molar-refractivity contribution in [3.05, 3.63) is 0 Å². The van der Waals surface area contributed by atoms with Crippen molar-refractivity contribution >= 4 is 0 Å². The Labute approximate surface area is 173 Å². The van der Waals surface area contributed by atoms with Crippen molar-refractivity contribution in [1.82, 2.24) is 0 Å². The zero-order valence-corrected chi connectivity index (χ0v) is 18.4. The molecule has 0 aromatic heterocycles. The maximum atomic E-state index is 13.2. The van der Waals surface area contributed by atoms with Gasteiger partial charge in [0.25, 0.3) is 0 Å². The van der Waals surface area contributed by atoms with Crippen molar-refractivity contribution in [2.75, 3.05) is 0 Å². The van der Waals surface area contributed by atoms with E-state index < -0.39 is 23.8 Å². The van der Waals surface area contributed by atoms with Crippen LogP contribution in [0.15, 0.2) is 0 Å². The van der Waals surface area contributed by atoms with Gasteiger partial charge in [-0.15, -0.1) is 0 Å². The molecule has 4 saturated carbocycles. The average molecular weight is 417 g/mol. The third kappa shape index (κ3) is 3.37. The van der Waals surface area contributed by atoms with Crippen LogP contribution in [-0.4, -0.2) is 28.1 Å². The molecule has 0 heterocycles. The summed E-state index contributed by atoms with van der Waals surface area (Å²) in [5, 5.41) is 20.6. The van der Waals surface area contributed by atoms with Crippen LogP contribution >= 0.6 is 0 Å². The van der Waals surface area contributed by atoms with Crippen LogP contribution in [0.3, 0.4) is 0 Å². The van der Waals surface area contributed by atoms with Crippen molar-refractivity contribution in [3.63, 3.8) is 0 Å². The van der Waals surface area contributed by atoms with E-state index in [0.29, 0.717) is 23.7 Å². The first kappa shape index (κ1) is 21.9. The van der Waals surface area contributed by atoms with Crippen molar-refractivity contribution in [1.29, 1.82) is 0 Å². The fourth-order valence-electron chi connectivity index (χ4n) is 8.85. The lowest BCUT2D eigenvalue weighted by atomic mass is 9.43. The van der Waals surface area contributed by atoms with Gasteiger partial charge in [-0.2, -0.15) is 13.2 Å². The summed E-state index contributed by atoms with van der Waals surface area (Å²) in [6.07, 6.45) is 2.29. The molecule has 0 radical (unpaired) electrons. The van der Waals surface area contributed by atoms with Gasteiger partial charge in [-0.3, -0.25) is 0 Å². The number of rotatable bonds is 2. The highest BCUT2D eigenvalue weighted by atomic mass is 19.4. The molecule has 0 aromatic rings. The first-order valence-electron chi connectivity index (χ1n) is 11.8. The van der Waals surface area contributed by atoms with Crippen LogP contribution in [0.1, 0.15) is 85.5 Å². The Morgan fingerprint density at radius 3 is 2.17 bits per heavy atom. The number of halogens is 3. The summed E-state index contributed by atoms with van der Waals surface area (Å²) in [5.74, 6) is 1.49. The van der Waals surface area contributed by atoms with Crippen LogP contribution in [0.5, 0.6) is 0 Å². The van der Waals surface area contributed by atoms with Crippen LogP contribution in [0.4, 0.5) is 13.2 Å². The van der Waals surface area contributed by atoms with Gasteiger partial charge in [0, 0.05) is 0 Å². The van der Waals surface area contributed by atoms with E-state index in [1.165, 1.54) is 0 Å². The van der Waals surface area contributed by atoms with Crippen molar-refractivity contribution in [2.45, 2.75) is 103 Å². The van der Waals surface area contributed by atoms with Crippen LogP contribution in [0, 0.1) is 46.3 Å². The first-order chi connectivity index (χ1) is 13.3. The summed E-state index contributed by atoms with van der Waals surface area (Å²) in [6, 6.07) is 0. The van der Waals surface area contributed by atoms with Gasteiger partial charge in [-0.25, -0.2) is 0 Å². The smallest absolute Gasteiger partial charge is 0.390 e. The topological polar surface area (TPSA) is 40.5 Å². The van der Waals surface area contributed by atoms with Gasteiger partial charge < -0.3 is 10.2 Å². The minimum absolute atomic E-state index is 0.0531. The molecule has 0 saturated heterocycles. The number of hydrogen-bond acceptors (Lipinski definition) is 2. The van der Waals surface area contributed by atoms with E-state index in [9.17, 15) is 23.4 Å². The standard InChI is InChI=1S/C24H39F3O2/c1-14(20(28)24(25,26)27)17-7-8-18-16-6-5-15-13-21(2,29)11-12-22(15,3)19(16)9-10-23(17,18)4/h14-20,28-29H,5-13H2,1-4H3/t14-,15+,16-,17+,18-,19-,20-,21+,22-,23+/m0/s1. The quantitative estimate of drug-likeness (QED) is 0.583. The second kappa shape index (κ2) is 6.85. The lowest BCUT2D eigenvalue weighted by Crippen LogP contribution is -2.56. The number of fused-ring (bicyclic) bond motifs is 5. The molecular formula is C24H39F3O2. The molecule has 0 aromatic carbocycles. The Kier molecular flexibility index (Phi) is 5.18. The predicted molar refractivity (Wildman–Crippen MR) is 107 cm³/mol. The molecule has 4 aliphatic carbocycles. The number of alkyl halides is 3. The fraction of sp³-hybridized carbons (Fsp3) is 1.00. The summed E-state index contributed by atoms with van der Waals surface area (Å²) in [6.45, 7) is 8.26. The Morgan fingerprint density at radius 1 is 0.862 bits per heavy atom. The molecular weight excluding hydrogens is 377 g/mol. The molecule has 2 nitrogen and oxygen atoms in total. The van der Waals surface area contributed by atoms with Gasteiger partial charge in [-0.05, 0) is 111 Å². The van der Waals surface area contributed by atoms with E-state index in [-0.39, 0.29) is 16.7 Å². The molecule has 4 aliphatic rings. The highest BCUT2D eigenvalue weighted by Crippen LogP contribution is 2.69. The molecule has 29 heavy (non-hydrogen) atoms. The van der Waals surface area contributed by atoms with Crippen LogP contribution in [0.2, 0.25) is 0 Å². The minimum atomic E-state index is -4.53. The lowest BCUT2D eigenvalue weighted by Gasteiger charge is -2.62. The zero-order valence-electron chi connectivity index (χ0n) is 18.4. The molecule has 10 atom stereocenters.